The van der Waals surface area contributed by atoms with E-state index in [1.54, 1.807) is 6.07 Å². The molecule has 0 aliphatic heterocycles. The Bertz CT molecular complexity index is 926. The minimum absolute atomic E-state index is 0.0778. The summed E-state index contributed by atoms with van der Waals surface area (Å²) >= 11 is 5.97. The van der Waals surface area contributed by atoms with Crippen LogP contribution in [-0.2, 0) is 6.18 Å². The maximum atomic E-state index is 12.9. The first-order valence-electron chi connectivity index (χ1n) is 6.99. The van der Waals surface area contributed by atoms with Crippen LogP contribution in [0.3, 0.4) is 0 Å². The molecule has 7 heteroatoms. The van der Waals surface area contributed by atoms with E-state index in [1.165, 1.54) is 13.2 Å². The molecule has 0 fully saturated rings. The number of methoxy groups -OCH3 is 1. The van der Waals surface area contributed by atoms with E-state index in [2.05, 4.69) is 10.2 Å². The maximum Gasteiger partial charge on any atom is 0.416 e. The van der Waals surface area contributed by atoms with Crippen molar-refractivity contribution in [3.8, 4) is 17.0 Å². The Morgan fingerprint density at radius 3 is 2.42 bits per heavy atom. The van der Waals surface area contributed by atoms with Crippen LogP contribution in [0, 0.1) is 6.92 Å². The molecule has 0 unspecified atom stereocenters. The molecule has 1 heterocycles. The van der Waals surface area contributed by atoms with Gasteiger partial charge in [-0.15, -0.1) is 10.2 Å². The summed E-state index contributed by atoms with van der Waals surface area (Å²) in [5, 5.41) is 8.45. The minimum atomic E-state index is -4.46. The van der Waals surface area contributed by atoms with Crippen molar-refractivity contribution in [3.63, 3.8) is 0 Å². The van der Waals surface area contributed by atoms with Gasteiger partial charge in [0.05, 0.1) is 12.7 Å². The highest BCUT2D eigenvalue weighted by atomic mass is 35.5. The molecule has 0 N–H and O–H groups in total. The van der Waals surface area contributed by atoms with Crippen molar-refractivity contribution in [2.75, 3.05) is 7.11 Å². The number of benzene rings is 2. The molecule has 3 rings (SSSR count). The molecule has 2 aromatic carbocycles. The molecular formula is C17H12ClF3N2O. The van der Waals surface area contributed by atoms with Crippen molar-refractivity contribution >= 4 is 22.4 Å². The predicted molar refractivity (Wildman–Crippen MR) is 86.3 cm³/mol. The fraction of sp³-hybridized carbons (Fsp3) is 0.176. The zero-order chi connectivity index (χ0) is 17.5. The van der Waals surface area contributed by atoms with Gasteiger partial charge in [0.15, 0.2) is 5.15 Å². The lowest BCUT2D eigenvalue weighted by Gasteiger charge is -2.13. The van der Waals surface area contributed by atoms with Gasteiger partial charge in [-0.1, -0.05) is 23.7 Å². The topological polar surface area (TPSA) is 35.0 Å². The number of nitrogens with zero attached hydrogens (tertiary/aromatic N) is 2. The van der Waals surface area contributed by atoms with E-state index in [9.17, 15) is 13.2 Å². The number of ether oxygens (including phenoxy) is 1. The summed E-state index contributed by atoms with van der Waals surface area (Å²) in [5.41, 5.74) is 1.25. The highest BCUT2D eigenvalue weighted by Gasteiger charge is 2.31. The third-order valence-electron chi connectivity index (χ3n) is 3.67. The summed E-state index contributed by atoms with van der Waals surface area (Å²) in [7, 11) is 1.52. The first-order valence-corrected chi connectivity index (χ1v) is 7.37. The van der Waals surface area contributed by atoms with Crippen molar-refractivity contribution in [3.05, 3.63) is 52.7 Å². The summed E-state index contributed by atoms with van der Waals surface area (Å²) in [5.74, 6) is 0.563. The molecular weight excluding hydrogens is 341 g/mol. The smallest absolute Gasteiger partial charge is 0.416 e. The number of aromatic nitrogens is 2. The number of fused-ring (bicyclic) bond motifs is 1. The highest BCUT2D eigenvalue weighted by Crippen LogP contribution is 2.38. The largest absolute Gasteiger partial charge is 0.496 e. The van der Waals surface area contributed by atoms with Crippen LogP contribution in [0.25, 0.3) is 22.0 Å². The first-order chi connectivity index (χ1) is 11.3. The summed E-state index contributed by atoms with van der Waals surface area (Å²) in [6, 6.07) is 8.82. The Labute approximate surface area is 141 Å². The number of alkyl halides is 3. The number of hydrogen-bond donors (Lipinski definition) is 0. The Morgan fingerprint density at radius 1 is 1.00 bits per heavy atom. The molecule has 24 heavy (non-hydrogen) atoms. The van der Waals surface area contributed by atoms with Crippen molar-refractivity contribution < 1.29 is 17.9 Å². The third kappa shape index (κ3) is 2.89. The van der Waals surface area contributed by atoms with Crippen LogP contribution < -0.4 is 4.74 Å². The van der Waals surface area contributed by atoms with Crippen LogP contribution >= 0.6 is 11.6 Å². The normalized spacial score (nSPS) is 11.8. The van der Waals surface area contributed by atoms with Gasteiger partial charge in [-0.3, -0.25) is 0 Å². The predicted octanol–water partition coefficient (Wildman–Crippen LogP) is 5.29. The molecule has 0 atom stereocenters. The Kier molecular flexibility index (Phi) is 4.09. The van der Waals surface area contributed by atoms with E-state index in [0.29, 0.717) is 22.4 Å². The van der Waals surface area contributed by atoms with E-state index in [0.717, 1.165) is 17.7 Å². The highest BCUT2D eigenvalue weighted by molar-refractivity contribution is 6.34. The van der Waals surface area contributed by atoms with Gasteiger partial charge in [-0.05, 0) is 36.8 Å². The quantitative estimate of drug-likeness (QED) is 0.629. The molecule has 0 amide bonds. The van der Waals surface area contributed by atoms with Crippen LogP contribution in [0.15, 0.2) is 36.4 Å². The first kappa shape index (κ1) is 16.5. The van der Waals surface area contributed by atoms with Crippen LogP contribution in [0.1, 0.15) is 11.1 Å². The lowest BCUT2D eigenvalue weighted by molar-refractivity contribution is -0.137. The molecule has 0 saturated carbocycles. The molecule has 0 aliphatic carbocycles. The lowest BCUT2D eigenvalue weighted by Crippen LogP contribution is -2.05. The molecule has 3 nitrogen and oxygen atoms in total. The Balaban J connectivity index is 2.29. The maximum absolute atomic E-state index is 12.9. The molecule has 3 aromatic rings. The summed E-state index contributed by atoms with van der Waals surface area (Å²) in [6.45, 7) is 1.91. The number of hydrogen-bond acceptors (Lipinski definition) is 3. The average molecular weight is 353 g/mol. The van der Waals surface area contributed by atoms with Crippen LogP contribution in [-0.4, -0.2) is 17.3 Å². The SMILES string of the molecule is COc1cc(C)ccc1-c1nnc(Cl)c2cc(C(F)(F)F)ccc12. The fourth-order valence-electron chi connectivity index (χ4n) is 2.49. The van der Waals surface area contributed by atoms with Gasteiger partial charge in [0.1, 0.15) is 11.4 Å². The van der Waals surface area contributed by atoms with Crippen LogP contribution in [0.4, 0.5) is 13.2 Å². The van der Waals surface area contributed by atoms with Gasteiger partial charge in [-0.2, -0.15) is 13.2 Å². The second-order valence-electron chi connectivity index (χ2n) is 5.30. The summed E-state index contributed by atoms with van der Waals surface area (Å²) in [6.07, 6.45) is -4.46. The second kappa shape index (κ2) is 5.94. The standard InChI is InChI=1S/C17H12ClF3N2O/c1-9-3-5-12(14(7-9)24-2)15-11-6-4-10(17(19,20)21)8-13(11)16(18)23-22-15/h3-8H,1-2H3. The molecule has 0 spiro atoms. The fourth-order valence-corrected chi connectivity index (χ4v) is 2.69. The van der Waals surface area contributed by atoms with E-state index >= 15 is 0 Å². The Hall–Kier alpha value is -2.34. The zero-order valence-electron chi connectivity index (χ0n) is 12.8. The number of rotatable bonds is 2. The van der Waals surface area contributed by atoms with E-state index < -0.39 is 11.7 Å². The molecule has 1 aromatic heterocycles. The van der Waals surface area contributed by atoms with Gasteiger partial charge in [0.2, 0.25) is 0 Å². The second-order valence-corrected chi connectivity index (χ2v) is 5.66. The molecule has 0 radical (unpaired) electrons. The zero-order valence-corrected chi connectivity index (χ0v) is 13.5. The summed E-state index contributed by atoms with van der Waals surface area (Å²) in [4.78, 5) is 0. The monoisotopic (exact) mass is 352 g/mol. The van der Waals surface area contributed by atoms with E-state index in [-0.39, 0.29) is 10.5 Å². The summed E-state index contributed by atoms with van der Waals surface area (Å²) < 4.78 is 44.2. The minimum Gasteiger partial charge on any atom is -0.496 e. The van der Waals surface area contributed by atoms with E-state index in [1.807, 2.05) is 19.1 Å². The number of halogens is 4. The van der Waals surface area contributed by atoms with Gasteiger partial charge in [-0.25, -0.2) is 0 Å². The lowest BCUT2D eigenvalue weighted by atomic mass is 10.0. The van der Waals surface area contributed by atoms with Gasteiger partial charge in [0.25, 0.3) is 0 Å². The Morgan fingerprint density at radius 2 is 1.75 bits per heavy atom. The van der Waals surface area contributed by atoms with Crippen molar-refractivity contribution in [1.29, 1.82) is 0 Å². The molecule has 124 valence electrons. The van der Waals surface area contributed by atoms with Gasteiger partial charge in [0, 0.05) is 16.3 Å². The molecule has 0 aliphatic rings. The molecule has 0 bridgehead atoms. The van der Waals surface area contributed by atoms with Crippen molar-refractivity contribution in [1.82, 2.24) is 10.2 Å². The third-order valence-corrected chi connectivity index (χ3v) is 3.95. The van der Waals surface area contributed by atoms with Crippen LogP contribution in [0.2, 0.25) is 5.15 Å². The molecule has 0 saturated heterocycles. The van der Waals surface area contributed by atoms with Crippen molar-refractivity contribution in [2.24, 2.45) is 0 Å². The van der Waals surface area contributed by atoms with Crippen LogP contribution in [0.5, 0.6) is 5.75 Å². The average Bonchev–Trinajstić information content (AvgIpc) is 2.54. The number of aryl methyl sites for hydroxylation is 1. The van der Waals surface area contributed by atoms with Gasteiger partial charge < -0.3 is 4.74 Å². The van der Waals surface area contributed by atoms with Crippen molar-refractivity contribution in [2.45, 2.75) is 13.1 Å². The van der Waals surface area contributed by atoms with Gasteiger partial charge >= 0.3 is 6.18 Å². The van der Waals surface area contributed by atoms with E-state index in [4.69, 9.17) is 16.3 Å².